The number of imide groups is 1. The van der Waals surface area contributed by atoms with Crippen LogP contribution in [0.2, 0.25) is 0 Å². The number of hydrogen-bond donors (Lipinski definition) is 2. The maximum absolute atomic E-state index is 12.6. The first-order valence-electron chi connectivity index (χ1n) is 8.52. The van der Waals surface area contributed by atoms with Gasteiger partial charge in [0.05, 0.1) is 5.56 Å². The molecular weight excluding hydrogens is 378 g/mol. The van der Waals surface area contributed by atoms with Gasteiger partial charge < -0.3 is 14.6 Å². The molecule has 2 N–H and O–H groups in total. The molecule has 0 atom stereocenters. The first-order chi connectivity index (χ1) is 13.5. The largest absolute Gasteiger partial charge is 0.452 e. The number of amides is 3. The third-order valence-corrected chi connectivity index (χ3v) is 5.25. The van der Waals surface area contributed by atoms with E-state index in [0.29, 0.717) is 11.3 Å². The highest BCUT2D eigenvalue weighted by Crippen LogP contribution is 2.31. The molecule has 144 valence electrons. The number of thiophene rings is 1. The minimum atomic E-state index is -0.714. The molecule has 0 saturated carbocycles. The minimum absolute atomic E-state index is 0.417. The molecule has 1 aromatic carbocycles. The van der Waals surface area contributed by atoms with Crippen LogP contribution in [0.3, 0.4) is 0 Å². The Morgan fingerprint density at radius 1 is 1.04 bits per heavy atom. The molecule has 28 heavy (non-hydrogen) atoms. The molecule has 0 aliphatic rings. The fourth-order valence-electron chi connectivity index (χ4n) is 2.55. The number of hydrogen-bond acceptors (Lipinski definition) is 5. The Bertz CT molecular complexity index is 994. The van der Waals surface area contributed by atoms with E-state index in [9.17, 15) is 14.4 Å². The van der Waals surface area contributed by atoms with Gasteiger partial charge in [0.15, 0.2) is 6.61 Å². The van der Waals surface area contributed by atoms with E-state index >= 15 is 0 Å². The van der Waals surface area contributed by atoms with Crippen molar-refractivity contribution in [3.8, 4) is 5.00 Å². The molecule has 0 bridgehead atoms. The Balaban J connectivity index is 1.60. The molecule has 2 aromatic heterocycles. The third-order valence-electron chi connectivity index (χ3n) is 4.03. The second kappa shape index (κ2) is 8.53. The molecule has 3 rings (SSSR count). The van der Waals surface area contributed by atoms with Crippen molar-refractivity contribution in [1.82, 2.24) is 9.88 Å². The number of nitrogens with one attached hydrogen (secondary N) is 2. The molecule has 3 amide bonds. The number of ether oxygens (including phenoxy) is 1. The number of para-hydroxylation sites is 1. The van der Waals surface area contributed by atoms with E-state index < -0.39 is 24.5 Å². The Hall–Kier alpha value is -3.39. The van der Waals surface area contributed by atoms with Gasteiger partial charge in [0.25, 0.3) is 5.91 Å². The van der Waals surface area contributed by atoms with Crippen LogP contribution in [0, 0.1) is 13.8 Å². The number of carbonyl (C=O) groups excluding carboxylic acids is 3. The molecule has 0 saturated heterocycles. The molecule has 2 heterocycles. The molecule has 0 unspecified atom stereocenters. The maximum atomic E-state index is 12.6. The highest BCUT2D eigenvalue weighted by Gasteiger charge is 2.22. The number of benzene rings is 1. The van der Waals surface area contributed by atoms with Gasteiger partial charge in [-0.2, -0.15) is 0 Å². The molecule has 7 nitrogen and oxygen atoms in total. The number of anilines is 1. The average Bonchev–Trinajstić information content (AvgIpc) is 3.29. The SMILES string of the molecule is Cc1sc(-n2cccc2)c(C(=O)OCC(=O)NC(=O)Nc2ccccc2)c1C. The zero-order chi connectivity index (χ0) is 20.1. The van der Waals surface area contributed by atoms with Gasteiger partial charge in [-0.15, -0.1) is 11.3 Å². The Kier molecular flexibility index (Phi) is 5.90. The molecule has 8 heteroatoms. The maximum Gasteiger partial charge on any atom is 0.341 e. The van der Waals surface area contributed by atoms with E-state index in [0.717, 1.165) is 15.4 Å². The zero-order valence-corrected chi connectivity index (χ0v) is 16.2. The Labute approximate surface area is 165 Å². The van der Waals surface area contributed by atoms with Gasteiger partial charge in [-0.25, -0.2) is 9.59 Å². The van der Waals surface area contributed by atoms with Crippen molar-refractivity contribution in [2.24, 2.45) is 0 Å². The topological polar surface area (TPSA) is 89.4 Å². The van der Waals surface area contributed by atoms with Crippen LogP contribution >= 0.6 is 11.3 Å². The van der Waals surface area contributed by atoms with E-state index in [2.05, 4.69) is 10.6 Å². The van der Waals surface area contributed by atoms with Crippen LogP contribution in [-0.4, -0.2) is 29.1 Å². The first-order valence-corrected chi connectivity index (χ1v) is 9.33. The number of rotatable bonds is 5. The summed E-state index contributed by atoms with van der Waals surface area (Å²) in [5.74, 6) is -1.32. The summed E-state index contributed by atoms with van der Waals surface area (Å²) in [6.45, 7) is 3.20. The van der Waals surface area contributed by atoms with Crippen molar-refractivity contribution in [3.63, 3.8) is 0 Å². The fraction of sp³-hybridized carbons (Fsp3) is 0.150. The number of aromatic nitrogens is 1. The van der Waals surface area contributed by atoms with Crippen LogP contribution in [0.25, 0.3) is 5.00 Å². The molecule has 0 fully saturated rings. The van der Waals surface area contributed by atoms with Gasteiger partial charge >= 0.3 is 12.0 Å². The average molecular weight is 397 g/mol. The van der Waals surface area contributed by atoms with Crippen LogP contribution in [0.1, 0.15) is 20.8 Å². The van der Waals surface area contributed by atoms with Crippen molar-refractivity contribution in [1.29, 1.82) is 0 Å². The van der Waals surface area contributed by atoms with E-state index in [-0.39, 0.29) is 0 Å². The zero-order valence-electron chi connectivity index (χ0n) is 15.4. The second-order valence-corrected chi connectivity index (χ2v) is 7.20. The summed E-state index contributed by atoms with van der Waals surface area (Å²) >= 11 is 1.47. The fourth-order valence-corrected chi connectivity index (χ4v) is 3.66. The van der Waals surface area contributed by atoms with Crippen LogP contribution in [0.15, 0.2) is 54.9 Å². The summed E-state index contributed by atoms with van der Waals surface area (Å²) in [5.41, 5.74) is 1.77. The summed E-state index contributed by atoms with van der Waals surface area (Å²) in [6, 6.07) is 11.7. The van der Waals surface area contributed by atoms with Gasteiger partial charge in [-0.3, -0.25) is 10.1 Å². The lowest BCUT2D eigenvalue weighted by Gasteiger charge is -2.09. The summed E-state index contributed by atoms with van der Waals surface area (Å²) in [4.78, 5) is 37.3. The molecular formula is C20H19N3O4S. The summed E-state index contributed by atoms with van der Waals surface area (Å²) < 4.78 is 6.96. The number of esters is 1. The number of carbonyl (C=O) groups is 3. The minimum Gasteiger partial charge on any atom is -0.452 e. The number of nitrogens with zero attached hydrogens (tertiary/aromatic N) is 1. The van der Waals surface area contributed by atoms with Gasteiger partial charge in [0.1, 0.15) is 5.00 Å². The van der Waals surface area contributed by atoms with Gasteiger partial charge in [-0.05, 0) is 43.7 Å². The number of aryl methyl sites for hydroxylation is 1. The lowest BCUT2D eigenvalue weighted by molar-refractivity contribution is -0.123. The van der Waals surface area contributed by atoms with Gasteiger partial charge in [-0.1, -0.05) is 18.2 Å². The van der Waals surface area contributed by atoms with Crippen molar-refractivity contribution in [3.05, 3.63) is 70.9 Å². The van der Waals surface area contributed by atoms with E-state index in [1.807, 2.05) is 49.0 Å². The van der Waals surface area contributed by atoms with Gasteiger partial charge in [0.2, 0.25) is 0 Å². The molecule has 0 radical (unpaired) electrons. The normalized spacial score (nSPS) is 10.4. The second-order valence-electron chi connectivity index (χ2n) is 6.00. The van der Waals surface area contributed by atoms with Crippen LogP contribution in [0.5, 0.6) is 0 Å². The Morgan fingerprint density at radius 3 is 2.39 bits per heavy atom. The predicted molar refractivity (Wildman–Crippen MR) is 107 cm³/mol. The monoisotopic (exact) mass is 397 g/mol. The summed E-state index contributed by atoms with van der Waals surface area (Å²) in [7, 11) is 0. The Morgan fingerprint density at radius 2 is 1.71 bits per heavy atom. The van der Waals surface area contributed by atoms with Gasteiger partial charge in [0, 0.05) is 23.0 Å². The van der Waals surface area contributed by atoms with Crippen molar-refractivity contribution in [2.75, 3.05) is 11.9 Å². The highest BCUT2D eigenvalue weighted by molar-refractivity contribution is 7.15. The van der Waals surface area contributed by atoms with Crippen LogP contribution < -0.4 is 10.6 Å². The lowest BCUT2D eigenvalue weighted by Crippen LogP contribution is -2.37. The molecule has 3 aromatic rings. The third kappa shape index (κ3) is 4.47. The quantitative estimate of drug-likeness (QED) is 0.643. The summed E-state index contributed by atoms with van der Waals surface area (Å²) in [5, 5.41) is 5.38. The van der Waals surface area contributed by atoms with E-state index in [1.165, 1.54) is 11.3 Å². The predicted octanol–water partition coefficient (Wildman–Crippen LogP) is 3.66. The molecule has 0 spiro atoms. The smallest absolute Gasteiger partial charge is 0.341 e. The highest BCUT2D eigenvalue weighted by atomic mass is 32.1. The molecule has 0 aliphatic carbocycles. The van der Waals surface area contributed by atoms with Crippen molar-refractivity contribution >= 4 is 34.9 Å². The standard InChI is InChI=1S/C20H19N3O4S/c1-13-14(2)28-18(23-10-6-7-11-23)17(13)19(25)27-12-16(24)22-20(26)21-15-8-4-3-5-9-15/h3-11H,12H2,1-2H3,(H2,21,22,24,26). The molecule has 0 aliphatic heterocycles. The lowest BCUT2D eigenvalue weighted by atomic mass is 10.1. The van der Waals surface area contributed by atoms with E-state index in [1.54, 1.807) is 24.3 Å². The van der Waals surface area contributed by atoms with Crippen molar-refractivity contribution in [2.45, 2.75) is 13.8 Å². The van der Waals surface area contributed by atoms with E-state index in [4.69, 9.17) is 4.74 Å². The van der Waals surface area contributed by atoms with Crippen molar-refractivity contribution < 1.29 is 19.1 Å². The number of urea groups is 1. The first kappa shape index (κ1) is 19.4. The summed E-state index contributed by atoms with van der Waals surface area (Å²) in [6.07, 6.45) is 3.67. The van der Waals surface area contributed by atoms with Crippen LogP contribution in [0.4, 0.5) is 10.5 Å². The van der Waals surface area contributed by atoms with Crippen LogP contribution in [-0.2, 0) is 9.53 Å².